The topological polar surface area (TPSA) is 55.8 Å². The molecule has 0 spiro atoms. The summed E-state index contributed by atoms with van der Waals surface area (Å²) in [5.41, 5.74) is 1.00. The summed E-state index contributed by atoms with van der Waals surface area (Å²) in [4.78, 5) is 11.4. The number of benzene rings is 1. The van der Waals surface area contributed by atoms with E-state index in [0.29, 0.717) is 19.6 Å². The van der Waals surface area contributed by atoms with Gasteiger partial charge in [-0.25, -0.2) is 0 Å². The number of carbonyl (C=O) groups is 1. The number of carboxylic acids is 1. The van der Waals surface area contributed by atoms with Crippen molar-refractivity contribution in [2.75, 3.05) is 13.2 Å². The van der Waals surface area contributed by atoms with Crippen LogP contribution < -0.4 is 0 Å². The molecule has 29 heavy (non-hydrogen) atoms. The van der Waals surface area contributed by atoms with Gasteiger partial charge in [0, 0.05) is 17.9 Å². The van der Waals surface area contributed by atoms with Crippen molar-refractivity contribution in [2.24, 2.45) is 5.92 Å². The monoisotopic (exact) mass is 406 g/mol. The van der Waals surface area contributed by atoms with Crippen LogP contribution in [0.3, 0.4) is 0 Å². The average molecular weight is 407 g/mol. The minimum atomic E-state index is -0.869. The Morgan fingerprint density at radius 1 is 0.862 bits per heavy atom. The first-order valence-electron chi connectivity index (χ1n) is 11.7. The summed E-state index contributed by atoms with van der Waals surface area (Å²) >= 11 is 0. The number of aliphatic carboxylic acids is 1. The molecule has 0 radical (unpaired) electrons. The fourth-order valence-electron chi connectivity index (χ4n) is 3.85. The van der Waals surface area contributed by atoms with E-state index in [-0.39, 0.29) is 12.3 Å². The molecule has 0 heterocycles. The highest BCUT2D eigenvalue weighted by Crippen LogP contribution is 2.41. The molecular weight excluding hydrogens is 364 g/mol. The Balaban J connectivity index is 3.08. The first kappa shape index (κ1) is 25.6. The first-order valence-corrected chi connectivity index (χ1v) is 11.7. The fourth-order valence-corrected chi connectivity index (χ4v) is 3.85. The normalized spacial score (nSPS) is 12.8. The van der Waals surface area contributed by atoms with E-state index in [9.17, 15) is 9.90 Å². The Morgan fingerprint density at radius 3 is 2.00 bits per heavy atom. The van der Waals surface area contributed by atoms with Crippen molar-refractivity contribution in [3.05, 3.63) is 35.9 Å². The van der Waals surface area contributed by atoms with Crippen LogP contribution >= 0.6 is 0 Å². The van der Waals surface area contributed by atoms with E-state index < -0.39 is 11.8 Å². The van der Waals surface area contributed by atoms with Gasteiger partial charge in [0.25, 0.3) is 0 Å². The predicted octanol–water partition coefficient (Wildman–Crippen LogP) is 6.92. The van der Waals surface area contributed by atoms with Crippen LogP contribution in [0, 0.1) is 5.92 Å². The summed E-state index contributed by atoms with van der Waals surface area (Å²) in [7, 11) is 0. The van der Waals surface area contributed by atoms with Gasteiger partial charge in [-0.05, 0) is 25.7 Å². The number of rotatable bonds is 18. The SMILES string of the molecule is CCCCCCCCC(CCC(=O)O)C(OCCC)(OCCC)c1ccccc1. The smallest absolute Gasteiger partial charge is 0.303 e. The molecule has 0 aromatic heterocycles. The highest BCUT2D eigenvalue weighted by atomic mass is 16.7. The molecule has 0 aliphatic carbocycles. The third-order valence-electron chi connectivity index (χ3n) is 5.37. The molecule has 0 saturated carbocycles. The zero-order valence-electron chi connectivity index (χ0n) is 18.8. The molecule has 1 aromatic rings. The molecular formula is C25H42O4. The minimum Gasteiger partial charge on any atom is -0.481 e. The van der Waals surface area contributed by atoms with E-state index in [1.807, 2.05) is 18.2 Å². The molecule has 0 aliphatic rings. The van der Waals surface area contributed by atoms with E-state index in [0.717, 1.165) is 31.2 Å². The van der Waals surface area contributed by atoms with Crippen LogP contribution in [0.2, 0.25) is 0 Å². The molecule has 4 nitrogen and oxygen atoms in total. The minimum absolute atomic E-state index is 0.0188. The maximum atomic E-state index is 11.4. The van der Waals surface area contributed by atoms with Gasteiger partial charge in [0.2, 0.25) is 0 Å². The molecule has 1 atom stereocenters. The third-order valence-corrected chi connectivity index (χ3v) is 5.37. The summed E-state index contributed by atoms with van der Waals surface area (Å²) in [6.45, 7) is 7.61. The maximum Gasteiger partial charge on any atom is 0.303 e. The van der Waals surface area contributed by atoms with Crippen molar-refractivity contribution in [3.63, 3.8) is 0 Å². The summed E-state index contributed by atoms with van der Waals surface area (Å²) in [5.74, 6) is -1.61. The second-order valence-electron chi connectivity index (χ2n) is 7.92. The van der Waals surface area contributed by atoms with Gasteiger partial charge < -0.3 is 14.6 Å². The maximum absolute atomic E-state index is 11.4. The Hall–Kier alpha value is -1.39. The third kappa shape index (κ3) is 9.31. The zero-order chi connectivity index (χ0) is 21.4. The number of carboxylic acid groups (broad SMARTS) is 1. The average Bonchev–Trinajstić information content (AvgIpc) is 2.74. The molecule has 0 bridgehead atoms. The van der Waals surface area contributed by atoms with Gasteiger partial charge in [-0.2, -0.15) is 0 Å². The van der Waals surface area contributed by atoms with E-state index >= 15 is 0 Å². The Kier molecular flexibility index (Phi) is 13.7. The van der Waals surface area contributed by atoms with Gasteiger partial charge in [0.1, 0.15) is 0 Å². The van der Waals surface area contributed by atoms with Crippen molar-refractivity contribution in [2.45, 2.75) is 97.2 Å². The standard InChI is InChI=1S/C25H42O4/c1-4-7-8-9-10-12-17-23(18-19-24(26)27)25(28-20-5-2,29-21-6-3)22-15-13-11-14-16-22/h11,13-16,23H,4-10,12,17-21H2,1-3H3,(H,26,27). The van der Waals surface area contributed by atoms with Crippen molar-refractivity contribution in [1.82, 2.24) is 0 Å². The molecule has 1 unspecified atom stereocenters. The zero-order valence-corrected chi connectivity index (χ0v) is 18.8. The number of ether oxygens (including phenoxy) is 2. The molecule has 4 heteroatoms. The molecule has 166 valence electrons. The fraction of sp³-hybridized carbons (Fsp3) is 0.720. The Labute approximate surface area is 178 Å². The molecule has 0 amide bonds. The van der Waals surface area contributed by atoms with Gasteiger partial charge in [-0.3, -0.25) is 4.79 Å². The second-order valence-corrected chi connectivity index (χ2v) is 7.92. The lowest BCUT2D eigenvalue weighted by Crippen LogP contribution is -2.42. The van der Waals surface area contributed by atoms with Gasteiger partial charge in [0.15, 0.2) is 5.79 Å². The van der Waals surface area contributed by atoms with Crippen LogP contribution in [0.4, 0.5) is 0 Å². The quantitative estimate of drug-likeness (QED) is 0.212. The van der Waals surface area contributed by atoms with Crippen molar-refractivity contribution in [3.8, 4) is 0 Å². The van der Waals surface area contributed by atoms with Crippen LogP contribution in [0.1, 0.15) is 97.0 Å². The lowest BCUT2D eigenvalue weighted by Gasteiger charge is -2.41. The molecule has 1 rings (SSSR count). The van der Waals surface area contributed by atoms with E-state index in [4.69, 9.17) is 9.47 Å². The number of unbranched alkanes of at least 4 members (excludes halogenated alkanes) is 5. The van der Waals surface area contributed by atoms with Crippen molar-refractivity contribution in [1.29, 1.82) is 0 Å². The largest absolute Gasteiger partial charge is 0.481 e. The number of hydrogen-bond acceptors (Lipinski definition) is 3. The molecule has 0 aliphatic heterocycles. The molecule has 1 aromatic carbocycles. The predicted molar refractivity (Wildman–Crippen MR) is 119 cm³/mol. The van der Waals surface area contributed by atoms with Crippen LogP contribution in [0.15, 0.2) is 30.3 Å². The summed E-state index contributed by atoms with van der Waals surface area (Å²) < 4.78 is 12.9. The second kappa shape index (κ2) is 15.4. The highest BCUT2D eigenvalue weighted by molar-refractivity contribution is 5.66. The Bertz CT molecular complexity index is 521. The number of hydrogen-bond donors (Lipinski definition) is 1. The lowest BCUT2D eigenvalue weighted by atomic mass is 9.83. The van der Waals surface area contributed by atoms with Crippen LogP contribution in [-0.4, -0.2) is 24.3 Å². The van der Waals surface area contributed by atoms with Gasteiger partial charge in [0.05, 0.1) is 13.2 Å². The van der Waals surface area contributed by atoms with Crippen molar-refractivity contribution >= 4 is 5.97 Å². The molecule has 1 N–H and O–H groups in total. The summed E-state index contributed by atoms with van der Waals surface area (Å²) in [6, 6.07) is 10.1. The van der Waals surface area contributed by atoms with Crippen LogP contribution in [-0.2, 0) is 20.1 Å². The van der Waals surface area contributed by atoms with E-state index in [1.165, 1.54) is 32.1 Å². The first-order chi connectivity index (χ1) is 14.1. The highest BCUT2D eigenvalue weighted by Gasteiger charge is 2.42. The van der Waals surface area contributed by atoms with Gasteiger partial charge in [-0.1, -0.05) is 89.6 Å². The van der Waals surface area contributed by atoms with Gasteiger partial charge in [-0.15, -0.1) is 0 Å². The van der Waals surface area contributed by atoms with Crippen molar-refractivity contribution < 1.29 is 19.4 Å². The van der Waals surface area contributed by atoms with Crippen LogP contribution in [0.25, 0.3) is 0 Å². The van der Waals surface area contributed by atoms with E-state index in [1.54, 1.807) is 0 Å². The van der Waals surface area contributed by atoms with Crippen LogP contribution in [0.5, 0.6) is 0 Å². The van der Waals surface area contributed by atoms with E-state index in [2.05, 4.69) is 32.9 Å². The lowest BCUT2D eigenvalue weighted by molar-refractivity contribution is -0.281. The summed E-state index contributed by atoms with van der Waals surface area (Å²) in [6.07, 6.45) is 10.7. The Morgan fingerprint density at radius 2 is 1.45 bits per heavy atom. The molecule has 0 saturated heterocycles. The van der Waals surface area contributed by atoms with Gasteiger partial charge >= 0.3 is 5.97 Å². The molecule has 0 fully saturated rings. The summed E-state index contributed by atoms with van der Waals surface area (Å²) in [5, 5.41) is 9.34.